The number of thiophene rings is 1. The Balaban J connectivity index is 0.000000221. The van der Waals surface area contributed by atoms with Crippen molar-refractivity contribution in [2.24, 2.45) is 0 Å². The van der Waals surface area contributed by atoms with E-state index in [9.17, 15) is 19.8 Å². The highest BCUT2D eigenvalue weighted by atomic mass is 35.5. The molecule has 49 heavy (non-hydrogen) atoms. The highest BCUT2D eigenvalue weighted by Gasteiger charge is 2.28. The van der Waals surface area contributed by atoms with Crippen molar-refractivity contribution in [3.8, 4) is 33.8 Å². The van der Waals surface area contributed by atoms with Gasteiger partial charge in [0.15, 0.2) is 0 Å². The minimum Gasteiger partial charge on any atom is -0.507 e. The van der Waals surface area contributed by atoms with Gasteiger partial charge in [-0.2, -0.15) is 0 Å². The Morgan fingerprint density at radius 3 is 1.57 bits per heavy atom. The van der Waals surface area contributed by atoms with Crippen molar-refractivity contribution < 1.29 is 10.2 Å². The predicted molar refractivity (Wildman–Crippen MR) is 207 cm³/mol. The Morgan fingerprint density at radius 1 is 0.673 bits per heavy atom. The molecule has 260 valence electrons. The Labute approximate surface area is 310 Å². The fourth-order valence-corrected chi connectivity index (χ4v) is 7.56. The van der Waals surface area contributed by atoms with Crippen LogP contribution in [0.1, 0.15) is 83.0 Å². The van der Waals surface area contributed by atoms with Gasteiger partial charge in [0.25, 0.3) is 11.1 Å². The minimum atomic E-state index is -0.421. The van der Waals surface area contributed by atoms with E-state index in [1.807, 2.05) is 31.4 Å². The van der Waals surface area contributed by atoms with Crippen molar-refractivity contribution >= 4 is 57.7 Å². The Bertz CT molecular complexity index is 1990. The minimum absolute atomic E-state index is 0.0567. The SMILES string of the molecule is CC(C)(c1cc(O)c(-c2cc(Cl)cc(Cl)c2)c(=O)[nH]1)c1cccs1.CCCCCCC(C)(C)c1cc(O)c(-c2cc(Cl)cc(Cl)c2)c(=O)[nH]1. The van der Waals surface area contributed by atoms with Crippen LogP contribution in [-0.4, -0.2) is 20.2 Å². The highest BCUT2D eigenvalue weighted by Crippen LogP contribution is 2.38. The molecule has 11 heteroatoms. The van der Waals surface area contributed by atoms with Crippen LogP contribution in [0.5, 0.6) is 11.5 Å². The van der Waals surface area contributed by atoms with Crippen LogP contribution in [0.15, 0.2) is 75.6 Å². The third-order valence-electron chi connectivity index (χ3n) is 8.52. The summed E-state index contributed by atoms with van der Waals surface area (Å²) in [5.74, 6) is -0.157. The van der Waals surface area contributed by atoms with Crippen molar-refractivity contribution in [2.45, 2.75) is 77.6 Å². The molecule has 0 saturated carbocycles. The molecule has 0 aliphatic rings. The summed E-state index contributed by atoms with van der Waals surface area (Å²) in [7, 11) is 0. The van der Waals surface area contributed by atoms with Crippen LogP contribution in [-0.2, 0) is 10.8 Å². The number of rotatable bonds is 10. The van der Waals surface area contributed by atoms with E-state index in [1.165, 1.54) is 19.3 Å². The Morgan fingerprint density at radius 2 is 1.14 bits per heavy atom. The zero-order valence-corrected chi connectivity index (χ0v) is 31.9. The quantitative estimate of drug-likeness (QED) is 0.106. The van der Waals surface area contributed by atoms with Crippen LogP contribution in [0.2, 0.25) is 20.1 Å². The summed E-state index contributed by atoms with van der Waals surface area (Å²) >= 11 is 25.6. The van der Waals surface area contributed by atoms with E-state index in [1.54, 1.807) is 59.9 Å². The number of benzene rings is 2. The van der Waals surface area contributed by atoms with E-state index < -0.39 is 5.41 Å². The van der Waals surface area contributed by atoms with Crippen LogP contribution >= 0.6 is 57.7 Å². The van der Waals surface area contributed by atoms with Gasteiger partial charge in [0, 0.05) is 59.3 Å². The molecule has 5 rings (SSSR count). The maximum Gasteiger partial charge on any atom is 0.259 e. The maximum atomic E-state index is 12.6. The zero-order chi connectivity index (χ0) is 36.1. The van der Waals surface area contributed by atoms with Crippen molar-refractivity contribution in [1.82, 2.24) is 9.97 Å². The molecule has 0 bridgehead atoms. The first-order chi connectivity index (χ1) is 23.0. The Kier molecular flexibility index (Phi) is 12.8. The number of H-pyrrole nitrogens is 2. The monoisotopic (exact) mass is 760 g/mol. The number of aromatic amines is 2. The van der Waals surface area contributed by atoms with Crippen molar-refractivity contribution in [3.05, 3.63) is 123 Å². The van der Waals surface area contributed by atoms with E-state index in [0.717, 1.165) is 23.4 Å². The number of pyridine rings is 2. The van der Waals surface area contributed by atoms with Gasteiger partial charge in [-0.1, -0.05) is 98.9 Å². The second kappa shape index (κ2) is 16.2. The lowest BCUT2D eigenvalue weighted by Gasteiger charge is -2.25. The smallest absolute Gasteiger partial charge is 0.259 e. The summed E-state index contributed by atoms with van der Waals surface area (Å²) < 4.78 is 0. The summed E-state index contributed by atoms with van der Waals surface area (Å²) in [4.78, 5) is 32.1. The topological polar surface area (TPSA) is 106 Å². The molecule has 0 aliphatic heterocycles. The van der Waals surface area contributed by atoms with Crippen LogP contribution < -0.4 is 11.1 Å². The molecule has 4 N–H and O–H groups in total. The molecular formula is C38H40Cl4N2O4S. The molecule has 0 saturated heterocycles. The molecule has 3 aromatic heterocycles. The first kappa shape index (κ1) is 38.6. The van der Waals surface area contributed by atoms with E-state index in [4.69, 9.17) is 46.4 Å². The molecule has 5 aromatic rings. The fraction of sp³-hybridized carbons (Fsp3) is 0.316. The summed E-state index contributed by atoms with van der Waals surface area (Å²) in [6, 6.07) is 16.8. The van der Waals surface area contributed by atoms with Crippen molar-refractivity contribution in [1.29, 1.82) is 0 Å². The largest absolute Gasteiger partial charge is 0.507 e. The number of unbranched alkanes of at least 4 members (excludes halogenated alkanes) is 3. The molecule has 0 aliphatic carbocycles. The van der Waals surface area contributed by atoms with Gasteiger partial charge in [0.05, 0.1) is 11.1 Å². The first-order valence-corrected chi connectivity index (χ1v) is 18.3. The van der Waals surface area contributed by atoms with Crippen molar-refractivity contribution in [2.75, 3.05) is 0 Å². The lowest BCUT2D eigenvalue weighted by Crippen LogP contribution is -2.24. The highest BCUT2D eigenvalue weighted by molar-refractivity contribution is 7.10. The van der Waals surface area contributed by atoms with Gasteiger partial charge in [-0.3, -0.25) is 9.59 Å². The predicted octanol–water partition coefficient (Wildman–Crippen LogP) is 11.7. The standard InChI is InChI=1S/C20H25Cl2NO2.C18H15Cl2NO2S/c1-4-5-6-7-8-20(2,3)17-12-16(24)18(19(25)23-17)13-9-14(21)11-15(22)10-13;1-18(2,15-4-3-5-24-15)14-9-13(22)16(17(23)21-14)10-6-11(19)8-12(20)7-10/h9-12H,4-8H2,1-3H3,(H2,23,24,25);3-9H,1-2H3,(H2,21,22,23). The zero-order valence-electron chi connectivity index (χ0n) is 28.0. The molecule has 2 aromatic carbocycles. The molecular weight excluding hydrogens is 722 g/mol. The number of hydrogen-bond donors (Lipinski definition) is 4. The Hall–Kier alpha value is -3.20. The van der Waals surface area contributed by atoms with Gasteiger partial charge in [-0.05, 0) is 79.2 Å². The molecule has 0 amide bonds. The lowest BCUT2D eigenvalue weighted by atomic mass is 9.82. The van der Waals surface area contributed by atoms with Gasteiger partial charge in [-0.25, -0.2) is 0 Å². The third-order valence-corrected chi connectivity index (χ3v) is 10.6. The van der Waals surface area contributed by atoms with Gasteiger partial charge < -0.3 is 20.2 Å². The number of aromatic nitrogens is 2. The molecule has 0 fully saturated rings. The third kappa shape index (κ3) is 9.53. The van der Waals surface area contributed by atoms with Crippen molar-refractivity contribution in [3.63, 3.8) is 0 Å². The fourth-order valence-electron chi connectivity index (χ4n) is 5.64. The van der Waals surface area contributed by atoms with Crippen LogP contribution in [0.4, 0.5) is 0 Å². The van der Waals surface area contributed by atoms with Gasteiger partial charge in [0.1, 0.15) is 11.5 Å². The number of aromatic hydroxyl groups is 2. The van der Waals surface area contributed by atoms with Gasteiger partial charge in [0.2, 0.25) is 0 Å². The molecule has 6 nitrogen and oxygen atoms in total. The number of hydrogen-bond acceptors (Lipinski definition) is 5. The second-order valence-electron chi connectivity index (χ2n) is 13.2. The average Bonchev–Trinajstić information content (AvgIpc) is 3.54. The van der Waals surface area contributed by atoms with Gasteiger partial charge >= 0.3 is 0 Å². The van der Waals surface area contributed by atoms with Crippen LogP contribution in [0.3, 0.4) is 0 Å². The molecule has 0 unspecified atom stereocenters. The van der Waals surface area contributed by atoms with Crippen LogP contribution in [0, 0.1) is 0 Å². The van der Waals surface area contributed by atoms with E-state index in [0.29, 0.717) is 36.9 Å². The molecule has 0 atom stereocenters. The average molecular weight is 763 g/mol. The summed E-state index contributed by atoms with van der Waals surface area (Å²) in [5, 5.41) is 24.6. The van der Waals surface area contributed by atoms with E-state index in [-0.39, 0.29) is 39.2 Å². The summed E-state index contributed by atoms with van der Waals surface area (Å²) in [6.07, 6.45) is 5.62. The van der Waals surface area contributed by atoms with Crippen LogP contribution in [0.25, 0.3) is 22.3 Å². The van der Waals surface area contributed by atoms with Gasteiger partial charge in [-0.15, -0.1) is 11.3 Å². The van der Waals surface area contributed by atoms with E-state index in [2.05, 4.69) is 30.7 Å². The second-order valence-corrected chi connectivity index (χ2v) is 15.9. The van der Waals surface area contributed by atoms with E-state index >= 15 is 0 Å². The first-order valence-electron chi connectivity index (χ1n) is 15.9. The number of halogens is 4. The lowest BCUT2D eigenvalue weighted by molar-refractivity contribution is 0.426. The number of nitrogens with one attached hydrogen (secondary N) is 2. The summed E-state index contributed by atoms with van der Waals surface area (Å²) in [5.41, 5.74) is 1.36. The summed E-state index contributed by atoms with van der Waals surface area (Å²) in [6.45, 7) is 10.3. The molecule has 3 heterocycles. The maximum absolute atomic E-state index is 12.6. The molecule has 0 radical (unpaired) electrons. The molecule has 0 spiro atoms. The normalized spacial score (nSPS) is 11.7.